The number of hydrogen-bond donors (Lipinski definition) is 1. The van der Waals surface area contributed by atoms with Crippen LogP contribution in [0.5, 0.6) is 0 Å². The van der Waals surface area contributed by atoms with Crippen molar-refractivity contribution in [3.05, 3.63) is 52.1 Å². The molecule has 186 valence electrons. The fourth-order valence-corrected chi connectivity index (χ4v) is 7.36. The van der Waals surface area contributed by atoms with E-state index >= 15 is 0 Å². The average Bonchev–Trinajstić information content (AvgIpc) is 3.20. The van der Waals surface area contributed by atoms with Crippen LogP contribution in [0.1, 0.15) is 28.9 Å². The third-order valence-electron chi connectivity index (χ3n) is 6.32. The summed E-state index contributed by atoms with van der Waals surface area (Å²) in [6.45, 7) is 2.90. The van der Waals surface area contributed by atoms with E-state index in [2.05, 4.69) is 10.2 Å². The molecule has 7 nitrogen and oxygen atoms in total. The molecule has 1 N–H and O–H groups in total. The van der Waals surface area contributed by atoms with Crippen molar-refractivity contribution >= 4 is 60.3 Å². The van der Waals surface area contributed by atoms with E-state index in [0.717, 1.165) is 49.4 Å². The van der Waals surface area contributed by atoms with Gasteiger partial charge in [0.1, 0.15) is 10.7 Å². The van der Waals surface area contributed by atoms with Crippen LogP contribution in [-0.2, 0) is 14.8 Å². The Labute approximate surface area is 212 Å². The zero-order valence-electron chi connectivity index (χ0n) is 18.9. The summed E-state index contributed by atoms with van der Waals surface area (Å²) in [5.41, 5.74) is 1.17. The number of carbonyl (C=O) groups excluding carboxylic acids is 1. The molecule has 1 aromatic heterocycles. The number of ether oxygens (including phenoxy) is 1. The van der Waals surface area contributed by atoms with Gasteiger partial charge < -0.3 is 15.0 Å². The molecule has 3 heterocycles. The van der Waals surface area contributed by atoms with Crippen LogP contribution >= 0.6 is 22.9 Å². The van der Waals surface area contributed by atoms with Crippen LogP contribution in [-0.4, -0.2) is 58.0 Å². The Bertz CT molecular complexity index is 1370. The molecule has 0 unspecified atom stereocenters. The normalized spacial score (nSPS) is 17.6. The smallest absolute Gasteiger partial charge is 0.267 e. The first-order valence-electron chi connectivity index (χ1n) is 11.5. The van der Waals surface area contributed by atoms with E-state index in [1.165, 1.54) is 22.5 Å². The zero-order valence-corrected chi connectivity index (χ0v) is 21.3. The van der Waals surface area contributed by atoms with Gasteiger partial charge in [-0.15, -0.1) is 11.3 Å². The number of morpholine rings is 1. The van der Waals surface area contributed by atoms with Crippen molar-refractivity contribution in [3.63, 3.8) is 0 Å². The zero-order chi connectivity index (χ0) is 24.6. The number of piperidine rings is 1. The first kappa shape index (κ1) is 24.5. The highest BCUT2D eigenvalue weighted by atomic mass is 35.5. The van der Waals surface area contributed by atoms with Gasteiger partial charge in [-0.25, -0.2) is 12.8 Å². The number of benzene rings is 2. The molecule has 35 heavy (non-hydrogen) atoms. The topological polar surface area (TPSA) is 79.0 Å². The van der Waals surface area contributed by atoms with Crippen molar-refractivity contribution in [2.45, 2.75) is 24.2 Å². The van der Waals surface area contributed by atoms with Gasteiger partial charge in [-0.1, -0.05) is 11.6 Å². The minimum atomic E-state index is -3.75. The molecule has 0 aliphatic carbocycles. The first-order valence-corrected chi connectivity index (χ1v) is 14.1. The van der Waals surface area contributed by atoms with Crippen LogP contribution in [0.15, 0.2) is 41.3 Å². The molecule has 5 rings (SSSR count). The van der Waals surface area contributed by atoms with E-state index in [-0.39, 0.29) is 27.9 Å². The van der Waals surface area contributed by atoms with Crippen molar-refractivity contribution in [1.29, 1.82) is 0 Å². The Kier molecular flexibility index (Phi) is 7.00. The number of fused-ring (bicyclic) bond motifs is 1. The molecule has 2 aromatic carbocycles. The highest BCUT2D eigenvalue weighted by Gasteiger charge is 2.28. The van der Waals surface area contributed by atoms with Crippen molar-refractivity contribution in [1.82, 2.24) is 4.31 Å². The van der Waals surface area contributed by atoms with Gasteiger partial charge in [0.2, 0.25) is 10.0 Å². The number of anilines is 2. The second kappa shape index (κ2) is 10.0. The van der Waals surface area contributed by atoms with Gasteiger partial charge in [-0.2, -0.15) is 4.31 Å². The molecule has 2 aliphatic rings. The van der Waals surface area contributed by atoms with Crippen molar-refractivity contribution in [2.24, 2.45) is 0 Å². The lowest BCUT2D eigenvalue weighted by Crippen LogP contribution is -2.40. The molecule has 0 bridgehead atoms. The number of rotatable bonds is 5. The van der Waals surface area contributed by atoms with Gasteiger partial charge in [-0.3, -0.25) is 4.79 Å². The van der Waals surface area contributed by atoms with Gasteiger partial charge in [0.05, 0.1) is 34.5 Å². The standard InChI is InChI=1S/C24H25ClFN3O4S2/c25-22-18-6-4-16(26)14-21(18)34-23(22)24(30)27-19-15-17(35(31,32)29-10-12-33-13-11-29)5-7-20(19)28-8-2-1-3-9-28/h4-7,14-15H,1-3,8-13H2,(H,27,30). The van der Waals surface area contributed by atoms with E-state index in [4.69, 9.17) is 16.3 Å². The van der Waals surface area contributed by atoms with Gasteiger partial charge in [-0.05, 0) is 55.7 Å². The van der Waals surface area contributed by atoms with Crippen LogP contribution < -0.4 is 10.2 Å². The van der Waals surface area contributed by atoms with E-state index in [1.807, 2.05) is 0 Å². The molecule has 0 saturated carbocycles. The monoisotopic (exact) mass is 537 g/mol. The molecule has 1 amide bonds. The minimum absolute atomic E-state index is 0.111. The lowest BCUT2D eigenvalue weighted by Gasteiger charge is -2.31. The molecule has 0 radical (unpaired) electrons. The second-order valence-electron chi connectivity index (χ2n) is 8.58. The molecule has 11 heteroatoms. The van der Waals surface area contributed by atoms with Gasteiger partial charge in [0.15, 0.2) is 0 Å². The lowest BCUT2D eigenvalue weighted by atomic mass is 10.1. The minimum Gasteiger partial charge on any atom is -0.379 e. The van der Waals surface area contributed by atoms with Crippen LogP contribution in [0.4, 0.5) is 15.8 Å². The van der Waals surface area contributed by atoms with E-state index in [1.54, 1.807) is 18.2 Å². The maximum Gasteiger partial charge on any atom is 0.267 e. The van der Waals surface area contributed by atoms with Gasteiger partial charge >= 0.3 is 0 Å². The number of nitrogens with zero attached hydrogens (tertiary/aromatic N) is 2. The van der Waals surface area contributed by atoms with E-state index in [9.17, 15) is 17.6 Å². The first-order chi connectivity index (χ1) is 16.8. The summed E-state index contributed by atoms with van der Waals surface area (Å²) in [5, 5.41) is 3.75. The Morgan fingerprint density at radius 2 is 1.77 bits per heavy atom. The third kappa shape index (κ3) is 4.90. The third-order valence-corrected chi connectivity index (χ3v) is 9.87. The Morgan fingerprint density at radius 1 is 1.03 bits per heavy atom. The number of halogens is 2. The van der Waals surface area contributed by atoms with Gasteiger partial charge in [0.25, 0.3) is 5.91 Å². The summed E-state index contributed by atoms with van der Waals surface area (Å²) in [6, 6.07) is 9.08. The number of amides is 1. The predicted molar refractivity (Wildman–Crippen MR) is 137 cm³/mol. The molecule has 2 fully saturated rings. The summed E-state index contributed by atoms with van der Waals surface area (Å²) in [4.78, 5) is 15.8. The Morgan fingerprint density at radius 3 is 2.51 bits per heavy atom. The Balaban J connectivity index is 1.52. The van der Waals surface area contributed by atoms with Crippen molar-refractivity contribution in [3.8, 4) is 0 Å². The maximum absolute atomic E-state index is 13.7. The largest absolute Gasteiger partial charge is 0.379 e. The molecular formula is C24H25ClFN3O4S2. The van der Waals surface area contributed by atoms with Crippen LogP contribution in [0.3, 0.4) is 0 Å². The molecule has 0 spiro atoms. The average molecular weight is 538 g/mol. The molecule has 2 aliphatic heterocycles. The molecule has 0 atom stereocenters. The van der Waals surface area contributed by atoms with Crippen LogP contribution in [0.25, 0.3) is 10.1 Å². The number of thiophene rings is 1. The highest BCUT2D eigenvalue weighted by molar-refractivity contribution is 7.89. The lowest BCUT2D eigenvalue weighted by molar-refractivity contribution is 0.0730. The molecule has 2 saturated heterocycles. The maximum atomic E-state index is 13.7. The highest BCUT2D eigenvalue weighted by Crippen LogP contribution is 2.38. The summed E-state index contributed by atoms with van der Waals surface area (Å²) in [5.74, 6) is -0.869. The van der Waals surface area contributed by atoms with Crippen molar-refractivity contribution < 1.29 is 22.3 Å². The predicted octanol–water partition coefficient (Wildman–Crippen LogP) is 4.96. The number of hydrogen-bond acceptors (Lipinski definition) is 6. The van der Waals surface area contributed by atoms with Crippen molar-refractivity contribution in [2.75, 3.05) is 49.6 Å². The number of carbonyl (C=O) groups is 1. The quantitative estimate of drug-likeness (QED) is 0.498. The Hall–Kier alpha value is -2.24. The summed E-state index contributed by atoms with van der Waals surface area (Å²) in [6.07, 6.45) is 3.18. The number of sulfonamides is 1. The summed E-state index contributed by atoms with van der Waals surface area (Å²) >= 11 is 7.57. The molecular weight excluding hydrogens is 513 g/mol. The van der Waals surface area contributed by atoms with Crippen LogP contribution in [0.2, 0.25) is 5.02 Å². The number of nitrogens with one attached hydrogen (secondary N) is 1. The molecule has 3 aromatic rings. The van der Waals surface area contributed by atoms with Crippen LogP contribution in [0, 0.1) is 5.82 Å². The summed E-state index contributed by atoms with van der Waals surface area (Å²) in [7, 11) is -3.75. The summed E-state index contributed by atoms with van der Waals surface area (Å²) < 4.78 is 47.5. The van der Waals surface area contributed by atoms with E-state index < -0.39 is 21.7 Å². The van der Waals surface area contributed by atoms with E-state index in [0.29, 0.717) is 29.0 Å². The fraction of sp³-hybridized carbons (Fsp3) is 0.375. The SMILES string of the molecule is O=C(Nc1cc(S(=O)(=O)N2CCOCC2)ccc1N1CCCCC1)c1sc2cc(F)ccc2c1Cl. The second-order valence-corrected chi connectivity index (χ2v) is 12.0. The fourth-order valence-electron chi connectivity index (χ4n) is 4.49. The van der Waals surface area contributed by atoms with Gasteiger partial charge in [0, 0.05) is 36.3 Å².